The van der Waals surface area contributed by atoms with Crippen molar-refractivity contribution in [3.8, 4) is 6.07 Å². The van der Waals surface area contributed by atoms with Crippen molar-refractivity contribution < 1.29 is 4.79 Å². The zero-order chi connectivity index (χ0) is 16.7. The summed E-state index contributed by atoms with van der Waals surface area (Å²) in [5.74, 6) is 1.43. The molecular formula is C18H24N4O2. The summed E-state index contributed by atoms with van der Waals surface area (Å²) in [5.41, 5.74) is 5.80. The second-order valence-electron chi connectivity index (χ2n) is 9.31. The van der Waals surface area contributed by atoms with Crippen LogP contribution in [0.1, 0.15) is 51.4 Å². The summed E-state index contributed by atoms with van der Waals surface area (Å²) < 4.78 is 0. The molecule has 2 N–H and O–H groups in total. The van der Waals surface area contributed by atoms with Crippen LogP contribution in [0.3, 0.4) is 0 Å². The minimum atomic E-state index is -0.584. The molecule has 0 aromatic heterocycles. The van der Waals surface area contributed by atoms with Crippen molar-refractivity contribution in [1.29, 1.82) is 5.26 Å². The maximum absolute atomic E-state index is 13.2. The lowest BCUT2D eigenvalue weighted by molar-refractivity contribution is -0.145. The van der Waals surface area contributed by atoms with E-state index in [1.165, 1.54) is 0 Å². The van der Waals surface area contributed by atoms with E-state index in [2.05, 4.69) is 11.2 Å². The van der Waals surface area contributed by atoms with Gasteiger partial charge in [0.05, 0.1) is 12.1 Å². The van der Waals surface area contributed by atoms with Crippen LogP contribution >= 0.6 is 0 Å². The Labute approximate surface area is 141 Å². The number of nitrogens with two attached hydrogens (primary N) is 1. The zero-order valence-electron chi connectivity index (χ0n) is 13.9. The van der Waals surface area contributed by atoms with Crippen LogP contribution in [-0.4, -0.2) is 34.5 Å². The fraction of sp³-hybridized carbons (Fsp3) is 0.889. The number of nitriles is 1. The van der Waals surface area contributed by atoms with Crippen LogP contribution < -0.4 is 5.73 Å². The number of hydrogen-bond acceptors (Lipinski definition) is 5. The molecule has 6 heteroatoms. The van der Waals surface area contributed by atoms with Gasteiger partial charge in [-0.3, -0.25) is 4.79 Å². The first-order valence-corrected chi connectivity index (χ1v) is 9.31. The van der Waals surface area contributed by atoms with Crippen molar-refractivity contribution in [2.24, 2.45) is 34.1 Å². The first-order chi connectivity index (χ1) is 11.5. The third-order valence-corrected chi connectivity index (χ3v) is 7.70. The Morgan fingerprint density at radius 2 is 1.92 bits per heavy atom. The molecule has 6 fully saturated rings. The molecule has 0 aromatic rings. The maximum atomic E-state index is 13.2. The predicted molar refractivity (Wildman–Crippen MR) is 86.4 cm³/mol. The van der Waals surface area contributed by atoms with Crippen molar-refractivity contribution in [3.05, 3.63) is 4.91 Å². The standard InChI is InChI=1S/C18H24N4O2/c19-8-13-2-12-3-14(12)22(13)16(23)15(20)17-4-10-1-11(5-17)7-18(6-10,9-17)21-24/h10-15H,1-7,9,20H2/t10?,11?,12-,13+,14+,15-,17?,18?/m1/s1. The summed E-state index contributed by atoms with van der Waals surface area (Å²) >= 11 is 0. The number of nitrogens with zero attached hydrogens (tertiary/aromatic N) is 3. The SMILES string of the molecule is N#C[C@@H]1C[C@@H]2C[C@@H]2N1C(=O)[C@@H](N)C12CC3CC(CC(N=O)(C3)C1)C2. The summed E-state index contributed by atoms with van der Waals surface area (Å²) in [5, 5.41) is 12.9. The average molecular weight is 328 g/mol. The van der Waals surface area contributed by atoms with Crippen molar-refractivity contribution in [2.75, 3.05) is 0 Å². The van der Waals surface area contributed by atoms with Crippen LogP contribution in [0.4, 0.5) is 0 Å². The normalized spacial score (nSPS) is 51.8. The van der Waals surface area contributed by atoms with E-state index in [0.717, 1.165) is 44.9 Å². The Kier molecular flexibility index (Phi) is 2.82. The van der Waals surface area contributed by atoms with Gasteiger partial charge in [-0.05, 0) is 74.5 Å². The second kappa shape index (κ2) is 4.57. The van der Waals surface area contributed by atoms with Gasteiger partial charge < -0.3 is 10.6 Å². The molecule has 4 bridgehead atoms. The Hall–Kier alpha value is -1.48. The lowest BCUT2D eigenvalue weighted by atomic mass is 9.45. The van der Waals surface area contributed by atoms with Crippen molar-refractivity contribution in [3.63, 3.8) is 0 Å². The van der Waals surface area contributed by atoms with Gasteiger partial charge >= 0.3 is 0 Å². The van der Waals surface area contributed by atoms with Gasteiger partial charge in [0.25, 0.3) is 0 Å². The summed E-state index contributed by atoms with van der Waals surface area (Å²) in [7, 11) is 0. The number of carbonyl (C=O) groups is 1. The quantitative estimate of drug-likeness (QED) is 0.800. The van der Waals surface area contributed by atoms with E-state index in [1.807, 2.05) is 0 Å². The molecule has 5 saturated carbocycles. The van der Waals surface area contributed by atoms with Crippen LogP contribution in [0.25, 0.3) is 0 Å². The molecule has 1 saturated heterocycles. The number of nitroso groups, excluding NO2 is 1. The minimum Gasteiger partial charge on any atom is -0.322 e. The summed E-state index contributed by atoms with van der Waals surface area (Å²) in [6.07, 6.45) is 7.32. The van der Waals surface area contributed by atoms with Gasteiger partial charge in [0.15, 0.2) is 0 Å². The minimum absolute atomic E-state index is 0.0467. The van der Waals surface area contributed by atoms with E-state index in [0.29, 0.717) is 24.2 Å². The molecule has 0 radical (unpaired) electrons. The zero-order valence-corrected chi connectivity index (χ0v) is 13.9. The number of fused-ring (bicyclic) bond motifs is 1. The van der Waals surface area contributed by atoms with Gasteiger partial charge in [-0.25, -0.2) is 0 Å². The molecule has 2 unspecified atom stereocenters. The third-order valence-electron chi connectivity index (χ3n) is 7.70. The van der Waals surface area contributed by atoms with E-state index < -0.39 is 11.6 Å². The molecule has 24 heavy (non-hydrogen) atoms. The number of amides is 1. The molecule has 1 amide bonds. The van der Waals surface area contributed by atoms with E-state index in [-0.39, 0.29) is 23.4 Å². The van der Waals surface area contributed by atoms with Crippen molar-refractivity contribution in [2.45, 2.75) is 75.0 Å². The molecule has 1 aliphatic heterocycles. The fourth-order valence-electron chi connectivity index (χ4n) is 7.07. The van der Waals surface area contributed by atoms with E-state index in [4.69, 9.17) is 5.73 Å². The predicted octanol–water partition coefficient (Wildman–Crippen LogP) is 1.93. The molecule has 0 aromatic carbocycles. The van der Waals surface area contributed by atoms with Crippen LogP contribution in [0.5, 0.6) is 0 Å². The van der Waals surface area contributed by atoms with Crippen LogP contribution in [0.15, 0.2) is 5.18 Å². The smallest absolute Gasteiger partial charge is 0.241 e. The van der Waals surface area contributed by atoms with Gasteiger partial charge in [-0.2, -0.15) is 10.2 Å². The molecule has 5 aliphatic carbocycles. The Morgan fingerprint density at radius 1 is 1.21 bits per heavy atom. The molecule has 1 heterocycles. The fourth-order valence-corrected chi connectivity index (χ4v) is 7.07. The largest absolute Gasteiger partial charge is 0.322 e. The lowest BCUT2D eigenvalue weighted by Gasteiger charge is -2.61. The number of hydrogen-bond donors (Lipinski definition) is 1. The second-order valence-corrected chi connectivity index (χ2v) is 9.31. The Bertz CT molecular complexity index is 642. The molecule has 6 rings (SSSR count). The highest BCUT2D eigenvalue weighted by molar-refractivity contribution is 5.84. The number of piperidine rings is 1. The lowest BCUT2D eigenvalue weighted by Crippen LogP contribution is -2.64. The number of rotatable bonds is 3. The average Bonchev–Trinajstić information content (AvgIpc) is 3.22. The summed E-state index contributed by atoms with van der Waals surface area (Å²) in [6.45, 7) is 0. The summed E-state index contributed by atoms with van der Waals surface area (Å²) in [6, 6.07) is 1.63. The van der Waals surface area contributed by atoms with Crippen LogP contribution in [-0.2, 0) is 4.79 Å². The molecule has 128 valence electrons. The van der Waals surface area contributed by atoms with Gasteiger partial charge in [0.1, 0.15) is 11.6 Å². The van der Waals surface area contributed by atoms with Gasteiger partial charge in [-0.15, -0.1) is 0 Å². The molecule has 6 nitrogen and oxygen atoms in total. The highest BCUT2D eigenvalue weighted by Gasteiger charge is 2.63. The molecule has 6 aliphatic rings. The van der Waals surface area contributed by atoms with Gasteiger partial charge in [-0.1, -0.05) is 5.18 Å². The maximum Gasteiger partial charge on any atom is 0.241 e. The summed E-state index contributed by atoms with van der Waals surface area (Å²) in [4.78, 5) is 26.6. The first kappa shape index (κ1) is 14.8. The van der Waals surface area contributed by atoms with Crippen LogP contribution in [0.2, 0.25) is 0 Å². The third kappa shape index (κ3) is 1.82. The Balaban J connectivity index is 1.44. The molecule has 0 spiro atoms. The monoisotopic (exact) mass is 328 g/mol. The van der Waals surface area contributed by atoms with Crippen LogP contribution in [0, 0.1) is 39.4 Å². The molecule has 6 atom stereocenters. The number of carbonyl (C=O) groups excluding carboxylic acids is 1. The van der Waals surface area contributed by atoms with Crippen molar-refractivity contribution in [1.82, 2.24) is 4.90 Å². The topological polar surface area (TPSA) is 99.6 Å². The first-order valence-electron chi connectivity index (χ1n) is 9.31. The van der Waals surface area contributed by atoms with E-state index in [1.54, 1.807) is 4.90 Å². The van der Waals surface area contributed by atoms with E-state index >= 15 is 0 Å². The van der Waals surface area contributed by atoms with Crippen molar-refractivity contribution >= 4 is 5.91 Å². The highest BCUT2D eigenvalue weighted by Crippen LogP contribution is 2.64. The highest BCUT2D eigenvalue weighted by atomic mass is 16.3. The number of likely N-dealkylation sites (tertiary alicyclic amines) is 1. The Morgan fingerprint density at radius 3 is 2.54 bits per heavy atom. The van der Waals surface area contributed by atoms with E-state index in [9.17, 15) is 15.0 Å². The van der Waals surface area contributed by atoms with Gasteiger partial charge in [0, 0.05) is 6.04 Å². The molecular weight excluding hydrogens is 304 g/mol. The van der Waals surface area contributed by atoms with Gasteiger partial charge in [0.2, 0.25) is 5.91 Å².